The monoisotopic (exact) mass is 851 g/mol. The molecule has 60 heavy (non-hydrogen) atoms. The third-order valence-corrected chi connectivity index (χ3v) is 13.9. The Balaban J connectivity index is 0.000000343. The fourth-order valence-electron chi connectivity index (χ4n) is 8.43. The van der Waals surface area contributed by atoms with Gasteiger partial charge in [-0.3, -0.25) is 0 Å². The van der Waals surface area contributed by atoms with Crippen LogP contribution in [0.15, 0.2) is 0 Å². The zero-order valence-corrected chi connectivity index (χ0v) is 42.3. The van der Waals surface area contributed by atoms with E-state index in [1.54, 1.807) is 0 Å². The van der Waals surface area contributed by atoms with Crippen LogP contribution in [-0.2, 0) is 0 Å². The van der Waals surface area contributed by atoms with Crippen LogP contribution in [0.25, 0.3) is 0 Å². The van der Waals surface area contributed by atoms with E-state index in [4.69, 9.17) is 5.73 Å². The van der Waals surface area contributed by atoms with Gasteiger partial charge in [0.15, 0.2) is 0 Å². The van der Waals surface area contributed by atoms with Crippen molar-refractivity contribution >= 4 is 0 Å². The Bertz CT molecular complexity index is 717. The molecule has 360 valence electrons. The first-order valence-electron chi connectivity index (χ1n) is 25.9. The number of hydrogen-bond donors (Lipinski definition) is 5. The number of rotatable bonds is 1. The lowest BCUT2D eigenvalue weighted by molar-refractivity contribution is 0.181. The predicted molar refractivity (Wildman–Crippen MR) is 267 cm³/mol. The maximum absolute atomic E-state index is 5.70. The van der Waals surface area contributed by atoms with Crippen molar-refractivity contribution in [3.8, 4) is 0 Å². The van der Waals surface area contributed by atoms with Gasteiger partial charge in [0.05, 0.1) is 0 Å². The van der Waals surface area contributed by atoms with E-state index in [1.165, 1.54) is 208 Å². The molecule has 10 nitrogen and oxygen atoms in total. The molecule has 8 rings (SSSR count). The molecule has 6 saturated heterocycles. The fraction of sp³-hybridized carbons (Fsp3) is 1.00. The highest BCUT2D eigenvalue weighted by molar-refractivity contribution is 4.71. The summed E-state index contributed by atoms with van der Waals surface area (Å²) in [6.45, 7) is 37.1. The first-order chi connectivity index (χ1) is 28.9. The average molecular weight is 851 g/mol. The smallest absolute Gasteiger partial charge is 0.0107 e. The average Bonchev–Trinajstić information content (AvgIpc) is 3.27. The largest absolute Gasteiger partial charge is 0.328 e. The van der Waals surface area contributed by atoms with Crippen LogP contribution >= 0.6 is 0 Å². The molecule has 1 atom stereocenters. The Morgan fingerprint density at radius 2 is 0.767 bits per heavy atom. The molecule has 0 aromatic rings. The van der Waals surface area contributed by atoms with Crippen molar-refractivity contribution in [3.05, 3.63) is 0 Å². The lowest BCUT2D eigenvalue weighted by Gasteiger charge is -2.28. The van der Waals surface area contributed by atoms with Crippen LogP contribution in [0, 0.1) is 29.6 Å². The van der Waals surface area contributed by atoms with Gasteiger partial charge in [0.1, 0.15) is 0 Å². The van der Waals surface area contributed by atoms with E-state index in [-0.39, 0.29) is 0 Å². The molecule has 2 saturated carbocycles. The van der Waals surface area contributed by atoms with E-state index in [9.17, 15) is 0 Å². The van der Waals surface area contributed by atoms with E-state index < -0.39 is 0 Å². The van der Waals surface area contributed by atoms with Crippen molar-refractivity contribution in [1.29, 1.82) is 0 Å². The molecule has 10 heteroatoms. The van der Waals surface area contributed by atoms with E-state index in [1.807, 2.05) is 0 Å². The van der Waals surface area contributed by atoms with Crippen LogP contribution in [0.5, 0.6) is 0 Å². The predicted octanol–water partition coefficient (Wildman–Crippen LogP) is 6.77. The molecule has 0 unspecified atom stereocenters. The second-order valence-corrected chi connectivity index (χ2v) is 20.5. The number of nitrogens with two attached hydrogens (primary N) is 1. The summed E-state index contributed by atoms with van der Waals surface area (Å²) in [6.07, 6.45) is 21.0. The van der Waals surface area contributed by atoms with Crippen molar-refractivity contribution < 1.29 is 0 Å². The standard InChI is InChI=1S/2C7H15N.C7H14.2C6H14N2.2C6H13N.C5H12N2/c1-7-3-5-8(2)6-4-7;1-6-2-4-7(8)5-3-6;1-7-5-3-2-4-6-7;1-7-3-5-8(2)6-4-7;1-2-8-5-3-7-4-6-8;1-6-2-4-7-5-3-6;1-6-3-2-4-7-5-6;1-7-4-2-6-3-5-7/h7H,3-6H2,1-2H3;6-7H,2-5,8H2,1H3;7H,2-6H2,1H3;3-6H2,1-2H3;7H,2-6H2,1H3;2*6-7H,2-5H2,1H3;6H,2-5H2,1H3/t;;;;;;6-;/m......1./s1. The summed E-state index contributed by atoms with van der Waals surface area (Å²) in [6, 6.07) is 0.520. The van der Waals surface area contributed by atoms with Gasteiger partial charge in [-0.2, -0.15) is 0 Å². The highest BCUT2D eigenvalue weighted by Crippen LogP contribution is 2.22. The summed E-state index contributed by atoms with van der Waals surface area (Å²) in [5, 5.41) is 13.2. The highest BCUT2D eigenvalue weighted by atomic mass is 15.2. The molecular formula is C50H110N10. The molecule has 0 radical (unpaired) electrons. The molecule has 0 aromatic carbocycles. The molecule has 0 spiro atoms. The topological polar surface area (TPSA) is 90.3 Å². The second kappa shape index (κ2) is 39.0. The van der Waals surface area contributed by atoms with Crippen molar-refractivity contribution in [2.75, 3.05) is 153 Å². The number of hydrogen-bond acceptors (Lipinski definition) is 10. The molecule has 0 aromatic heterocycles. The van der Waals surface area contributed by atoms with Gasteiger partial charge >= 0.3 is 0 Å². The Morgan fingerprint density at radius 3 is 1.07 bits per heavy atom. The molecule has 6 heterocycles. The lowest BCUT2D eigenvalue weighted by atomic mass is 9.88. The summed E-state index contributed by atoms with van der Waals surface area (Å²) in [5.74, 6) is 4.85. The zero-order chi connectivity index (χ0) is 44.2. The quantitative estimate of drug-likeness (QED) is 0.195. The third kappa shape index (κ3) is 36.0. The SMILES string of the molecule is CC1CCC(N)CC1.CC1CCCCC1.CC1CCN(C)CC1.CC1CCNCC1.CCN1CCNCC1.CN1CCN(C)CC1.CN1CCNCC1.C[C@@H]1CCCNC1. The number of nitrogens with zero attached hydrogens (tertiary/aromatic N) is 5. The van der Waals surface area contributed by atoms with Crippen molar-refractivity contribution in [2.45, 2.75) is 144 Å². The fourth-order valence-corrected chi connectivity index (χ4v) is 8.43. The van der Waals surface area contributed by atoms with Gasteiger partial charge in [0.25, 0.3) is 0 Å². The maximum Gasteiger partial charge on any atom is 0.0107 e. The minimum Gasteiger partial charge on any atom is -0.328 e. The van der Waals surface area contributed by atoms with E-state index in [0.29, 0.717) is 6.04 Å². The van der Waals surface area contributed by atoms with Gasteiger partial charge in [0.2, 0.25) is 0 Å². The number of likely N-dealkylation sites (tertiary alicyclic amines) is 1. The van der Waals surface area contributed by atoms with Gasteiger partial charge in [-0.25, -0.2) is 0 Å². The first-order valence-corrected chi connectivity index (χ1v) is 25.9. The van der Waals surface area contributed by atoms with Crippen molar-refractivity contribution in [1.82, 2.24) is 45.8 Å². The minimum atomic E-state index is 0.520. The molecule has 6 N–H and O–H groups in total. The minimum absolute atomic E-state index is 0.520. The summed E-state index contributed by atoms with van der Waals surface area (Å²) < 4.78 is 0. The van der Waals surface area contributed by atoms with Crippen LogP contribution in [0.1, 0.15) is 138 Å². The van der Waals surface area contributed by atoms with Crippen molar-refractivity contribution in [3.63, 3.8) is 0 Å². The van der Waals surface area contributed by atoms with Crippen LogP contribution in [-0.4, -0.2) is 183 Å². The Morgan fingerprint density at radius 1 is 0.367 bits per heavy atom. The van der Waals surface area contributed by atoms with Crippen molar-refractivity contribution in [2.24, 2.45) is 35.3 Å². The maximum atomic E-state index is 5.70. The Labute approximate surface area is 376 Å². The molecule has 8 aliphatic rings. The summed E-state index contributed by atoms with van der Waals surface area (Å²) in [5.41, 5.74) is 5.70. The van der Waals surface area contributed by atoms with Gasteiger partial charge in [-0.15, -0.1) is 0 Å². The highest BCUT2D eigenvalue weighted by Gasteiger charge is 2.14. The van der Waals surface area contributed by atoms with E-state index in [0.717, 1.165) is 42.7 Å². The number of likely N-dealkylation sites (N-methyl/N-ethyl adjacent to an activating group) is 4. The normalized spacial score (nSPS) is 28.1. The molecule has 6 aliphatic heterocycles. The van der Waals surface area contributed by atoms with Crippen LogP contribution in [0.4, 0.5) is 0 Å². The number of piperidine rings is 3. The van der Waals surface area contributed by atoms with Gasteiger partial charge in [-0.1, -0.05) is 73.6 Å². The number of piperazine rings is 3. The summed E-state index contributed by atoms with van der Waals surface area (Å²) in [4.78, 5) is 11.9. The van der Waals surface area contributed by atoms with Crippen LogP contribution in [0.2, 0.25) is 0 Å². The zero-order valence-electron chi connectivity index (χ0n) is 42.3. The second-order valence-electron chi connectivity index (χ2n) is 20.5. The molecule has 8 fully saturated rings. The van der Waals surface area contributed by atoms with E-state index >= 15 is 0 Å². The van der Waals surface area contributed by atoms with Gasteiger partial charge in [-0.05, 0) is 168 Å². The third-order valence-electron chi connectivity index (χ3n) is 13.9. The first kappa shape index (κ1) is 57.6. The molecule has 0 amide bonds. The van der Waals surface area contributed by atoms with Gasteiger partial charge in [0, 0.05) is 84.6 Å². The van der Waals surface area contributed by atoms with Crippen LogP contribution < -0.4 is 27.0 Å². The number of nitrogens with one attached hydrogen (secondary N) is 4. The lowest BCUT2D eigenvalue weighted by Crippen LogP contribution is -2.43. The molecular weight excluding hydrogens is 741 g/mol. The Hall–Kier alpha value is -0.400. The molecule has 2 aliphatic carbocycles. The summed E-state index contributed by atoms with van der Waals surface area (Å²) in [7, 11) is 8.70. The van der Waals surface area contributed by atoms with E-state index in [2.05, 4.69) is 115 Å². The van der Waals surface area contributed by atoms with Crippen LogP contribution in [0.3, 0.4) is 0 Å². The Kier molecular flexibility index (Phi) is 37.5. The summed E-state index contributed by atoms with van der Waals surface area (Å²) >= 11 is 0. The van der Waals surface area contributed by atoms with Gasteiger partial charge < -0.3 is 51.5 Å². The molecule has 0 bridgehead atoms.